The first kappa shape index (κ1) is 25.8. The highest BCUT2D eigenvalue weighted by molar-refractivity contribution is 5.92. The van der Waals surface area contributed by atoms with Crippen LogP contribution in [0.2, 0.25) is 0 Å². The number of carboxylic acids is 1. The van der Waals surface area contributed by atoms with Gasteiger partial charge in [-0.05, 0) is 49.9 Å². The number of ether oxygens (including phenoxy) is 1. The van der Waals surface area contributed by atoms with E-state index in [0.29, 0.717) is 6.42 Å². The van der Waals surface area contributed by atoms with E-state index in [0.717, 1.165) is 35.6 Å². The maximum absolute atomic E-state index is 11.8. The number of carbonyl (C=O) groups excluding carboxylic acids is 1. The third-order valence-corrected chi connectivity index (χ3v) is 4.77. The Balaban J connectivity index is 0.000000204. The van der Waals surface area contributed by atoms with E-state index in [4.69, 9.17) is 9.84 Å². The number of rotatable bonds is 5. The van der Waals surface area contributed by atoms with Crippen molar-refractivity contribution < 1.29 is 19.4 Å². The lowest BCUT2D eigenvalue weighted by Gasteiger charge is -2.05. The molecule has 4 rings (SSSR count). The van der Waals surface area contributed by atoms with E-state index < -0.39 is 5.97 Å². The summed E-state index contributed by atoms with van der Waals surface area (Å²) in [5.74, 6) is -0.766. The predicted octanol–water partition coefficient (Wildman–Crippen LogP) is 5.60. The van der Waals surface area contributed by atoms with E-state index in [2.05, 4.69) is 5.32 Å². The lowest BCUT2D eigenvalue weighted by atomic mass is 10.1. The summed E-state index contributed by atoms with van der Waals surface area (Å²) in [7, 11) is 0. The van der Waals surface area contributed by atoms with Crippen molar-refractivity contribution in [2.75, 3.05) is 18.5 Å². The summed E-state index contributed by atoms with van der Waals surface area (Å²) in [4.78, 5) is 22.1. The average molecular weight is 448 g/mol. The van der Waals surface area contributed by atoms with Crippen LogP contribution < -0.4 is 5.32 Å². The van der Waals surface area contributed by atoms with Gasteiger partial charge in [0.2, 0.25) is 5.91 Å². The van der Waals surface area contributed by atoms with Crippen LogP contribution in [0.15, 0.2) is 78.9 Å². The van der Waals surface area contributed by atoms with Gasteiger partial charge in [0, 0.05) is 18.9 Å². The molecule has 3 aromatic rings. The van der Waals surface area contributed by atoms with Crippen LogP contribution in [-0.4, -0.2) is 30.2 Å². The first-order chi connectivity index (χ1) is 15.9. The standard InChI is InChI=1S/C15H15NO.C9H10O2.C4H8O/c1-12-6-5-7-13(10-12)11-15(17)16-14-8-3-2-4-9-14;1-7-3-2-4-8(5-7)6-9(10)11;1-2-4-5-3-1/h2-10H,11H2,1H3,(H,16,17);2-5H,6H2,1H3,(H,10,11);1-4H2. The molecule has 174 valence electrons. The van der Waals surface area contributed by atoms with E-state index in [1.54, 1.807) is 0 Å². The van der Waals surface area contributed by atoms with Crippen molar-refractivity contribution in [1.82, 2.24) is 0 Å². The van der Waals surface area contributed by atoms with E-state index in [1.165, 1.54) is 18.4 Å². The molecular formula is C28H33NO4. The van der Waals surface area contributed by atoms with Crippen molar-refractivity contribution in [3.63, 3.8) is 0 Å². The lowest BCUT2D eigenvalue weighted by Crippen LogP contribution is -2.14. The zero-order chi connectivity index (χ0) is 23.9. The Bertz CT molecular complexity index is 990. The molecule has 33 heavy (non-hydrogen) atoms. The van der Waals surface area contributed by atoms with Crippen LogP contribution in [0.25, 0.3) is 0 Å². The number of hydrogen-bond donors (Lipinski definition) is 2. The fourth-order valence-corrected chi connectivity index (χ4v) is 3.24. The molecule has 0 bridgehead atoms. The Morgan fingerprint density at radius 3 is 1.79 bits per heavy atom. The van der Waals surface area contributed by atoms with Crippen LogP contribution in [0.1, 0.15) is 35.1 Å². The van der Waals surface area contributed by atoms with Crippen LogP contribution in [0.3, 0.4) is 0 Å². The summed E-state index contributed by atoms with van der Waals surface area (Å²) in [5.41, 5.74) is 5.01. The number of aliphatic carboxylic acids is 1. The van der Waals surface area contributed by atoms with Crippen molar-refractivity contribution in [2.45, 2.75) is 39.5 Å². The fourth-order valence-electron chi connectivity index (χ4n) is 3.24. The molecule has 1 fully saturated rings. The van der Waals surface area contributed by atoms with Gasteiger partial charge >= 0.3 is 5.97 Å². The summed E-state index contributed by atoms with van der Waals surface area (Å²) in [5, 5.41) is 11.3. The zero-order valence-corrected chi connectivity index (χ0v) is 19.4. The molecule has 0 aromatic heterocycles. The maximum Gasteiger partial charge on any atom is 0.307 e. The largest absolute Gasteiger partial charge is 0.481 e. The van der Waals surface area contributed by atoms with Crippen LogP contribution in [0.5, 0.6) is 0 Å². The topological polar surface area (TPSA) is 75.6 Å². The van der Waals surface area contributed by atoms with Crippen molar-refractivity contribution in [3.8, 4) is 0 Å². The normalized spacial score (nSPS) is 11.9. The highest BCUT2D eigenvalue weighted by atomic mass is 16.5. The highest BCUT2D eigenvalue weighted by Gasteiger charge is 2.03. The molecule has 0 radical (unpaired) electrons. The Morgan fingerprint density at radius 2 is 1.33 bits per heavy atom. The minimum Gasteiger partial charge on any atom is -0.481 e. The minimum absolute atomic E-state index is 0.0156. The molecule has 1 amide bonds. The van der Waals surface area contributed by atoms with Crippen LogP contribution in [-0.2, 0) is 27.2 Å². The summed E-state index contributed by atoms with van der Waals surface area (Å²) in [6.45, 7) is 5.98. The van der Waals surface area contributed by atoms with Crippen LogP contribution in [0.4, 0.5) is 5.69 Å². The van der Waals surface area contributed by atoms with Crippen LogP contribution in [0, 0.1) is 13.8 Å². The van der Waals surface area contributed by atoms with Gasteiger partial charge in [-0.3, -0.25) is 9.59 Å². The monoisotopic (exact) mass is 447 g/mol. The number of amides is 1. The molecule has 1 heterocycles. The molecule has 0 saturated carbocycles. The fraction of sp³-hybridized carbons (Fsp3) is 0.286. The SMILES string of the molecule is C1CCOC1.Cc1cccc(CC(=O)Nc2ccccc2)c1.Cc1cccc(CC(=O)O)c1. The van der Waals surface area contributed by atoms with Gasteiger partial charge in [-0.2, -0.15) is 0 Å². The molecule has 3 aromatic carbocycles. The molecule has 1 aliphatic heterocycles. The van der Waals surface area contributed by atoms with E-state index in [9.17, 15) is 9.59 Å². The molecule has 0 spiro atoms. The second kappa shape index (κ2) is 14.6. The first-order valence-electron chi connectivity index (χ1n) is 11.2. The number of hydrogen-bond acceptors (Lipinski definition) is 3. The van der Waals surface area contributed by atoms with Gasteiger partial charge in [-0.25, -0.2) is 0 Å². The number of carbonyl (C=O) groups is 2. The number of anilines is 1. The third kappa shape index (κ3) is 11.7. The third-order valence-electron chi connectivity index (χ3n) is 4.77. The van der Waals surface area contributed by atoms with Gasteiger partial charge in [0.25, 0.3) is 0 Å². The predicted molar refractivity (Wildman–Crippen MR) is 133 cm³/mol. The van der Waals surface area contributed by atoms with Gasteiger partial charge in [0.15, 0.2) is 0 Å². The average Bonchev–Trinajstić information content (AvgIpc) is 3.35. The van der Waals surface area contributed by atoms with Crippen molar-refractivity contribution >= 4 is 17.6 Å². The molecule has 1 saturated heterocycles. The van der Waals surface area contributed by atoms with Crippen molar-refractivity contribution in [3.05, 3.63) is 101 Å². The maximum atomic E-state index is 11.8. The summed E-state index contributed by atoms with van der Waals surface area (Å²) >= 11 is 0. The second-order valence-corrected chi connectivity index (χ2v) is 7.96. The molecule has 5 heteroatoms. The summed E-state index contributed by atoms with van der Waals surface area (Å²) in [6.07, 6.45) is 3.08. The molecular weight excluding hydrogens is 414 g/mol. The Hall–Kier alpha value is -3.44. The van der Waals surface area contributed by atoms with Gasteiger partial charge in [-0.1, -0.05) is 77.9 Å². The van der Waals surface area contributed by atoms with Gasteiger partial charge in [-0.15, -0.1) is 0 Å². The smallest absolute Gasteiger partial charge is 0.307 e. The first-order valence-corrected chi connectivity index (χ1v) is 11.2. The summed E-state index contributed by atoms with van der Waals surface area (Å²) in [6, 6.07) is 25.0. The van der Waals surface area contributed by atoms with Gasteiger partial charge < -0.3 is 15.2 Å². The highest BCUT2D eigenvalue weighted by Crippen LogP contribution is 2.08. The van der Waals surface area contributed by atoms with Crippen LogP contribution >= 0.6 is 0 Å². The molecule has 1 aliphatic rings. The minimum atomic E-state index is -0.782. The van der Waals surface area contributed by atoms with E-state index in [-0.39, 0.29) is 12.3 Å². The quantitative estimate of drug-likeness (QED) is 0.534. The van der Waals surface area contributed by atoms with E-state index in [1.807, 2.05) is 92.7 Å². The Labute approximate surface area is 196 Å². The molecule has 2 N–H and O–H groups in total. The molecule has 0 aliphatic carbocycles. The number of para-hydroxylation sites is 1. The number of benzene rings is 3. The Morgan fingerprint density at radius 1 is 0.788 bits per heavy atom. The Kier molecular flexibility index (Phi) is 11.4. The summed E-state index contributed by atoms with van der Waals surface area (Å²) < 4.78 is 4.94. The second-order valence-electron chi connectivity index (χ2n) is 7.96. The molecule has 0 unspecified atom stereocenters. The van der Waals surface area contributed by atoms with E-state index >= 15 is 0 Å². The lowest BCUT2D eigenvalue weighted by molar-refractivity contribution is -0.136. The number of nitrogens with one attached hydrogen (secondary N) is 1. The molecule has 5 nitrogen and oxygen atoms in total. The molecule has 0 atom stereocenters. The zero-order valence-electron chi connectivity index (χ0n) is 19.4. The van der Waals surface area contributed by atoms with Crippen molar-refractivity contribution in [2.24, 2.45) is 0 Å². The van der Waals surface area contributed by atoms with Gasteiger partial charge in [0.1, 0.15) is 0 Å². The van der Waals surface area contributed by atoms with Crippen molar-refractivity contribution in [1.29, 1.82) is 0 Å². The van der Waals surface area contributed by atoms with Gasteiger partial charge in [0.05, 0.1) is 12.8 Å². The number of carboxylic acid groups (broad SMARTS) is 1. The number of aryl methyl sites for hydroxylation is 2.